The van der Waals surface area contributed by atoms with Crippen molar-refractivity contribution in [2.45, 2.75) is 19.4 Å². The molecule has 0 saturated heterocycles. The molecule has 1 aliphatic heterocycles. The third-order valence-electron chi connectivity index (χ3n) is 4.18. The molecule has 0 aliphatic carbocycles. The van der Waals surface area contributed by atoms with Crippen molar-refractivity contribution in [1.82, 2.24) is 4.90 Å². The summed E-state index contributed by atoms with van der Waals surface area (Å²) in [6, 6.07) is 16.7. The van der Waals surface area contributed by atoms with Gasteiger partial charge in [0, 0.05) is 19.2 Å². The van der Waals surface area contributed by atoms with Crippen LogP contribution in [0.25, 0.3) is 0 Å². The average Bonchev–Trinajstić information content (AvgIpc) is 3.11. The monoisotopic (exact) mass is 348 g/mol. The molecule has 0 unspecified atom stereocenters. The number of likely N-dealkylation sites (N-methyl/N-ethyl adjacent to an activating group) is 1. The molecule has 2 aromatic rings. The van der Waals surface area contributed by atoms with Crippen LogP contribution in [-0.2, 0) is 4.84 Å². The Morgan fingerprint density at radius 3 is 2.85 bits per heavy atom. The zero-order valence-corrected chi connectivity index (χ0v) is 14.8. The summed E-state index contributed by atoms with van der Waals surface area (Å²) in [7, 11) is 1.71. The minimum absolute atomic E-state index is 0.174. The second kappa shape index (κ2) is 7.70. The quantitative estimate of drug-likeness (QED) is 0.918. The van der Waals surface area contributed by atoms with Crippen molar-refractivity contribution in [2.24, 2.45) is 5.16 Å². The second-order valence-electron chi connectivity index (χ2n) is 6.34. The van der Waals surface area contributed by atoms with Gasteiger partial charge in [-0.25, -0.2) is 4.79 Å². The Morgan fingerprint density at radius 2 is 2.12 bits per heavy atom. The summed E-state index contributed by atoms with van der Waals surface area (Å²) < 4.78 is 0. The molecule has 2 amide bonds. The highest BCUT2D eigenvalue weighted by Crippen LogP contribution is 2.18. The summed E-state index contributed by atoms with van der Waals surface area (Å²) in [4.78, 5) is 19.4. The lowest BCUT2D eigenvalue weighted by atomic mass is 10.0. The van der Waals surface area contributed by atoms with Gasteiger partial charge in [-0.05, 0) is 30.7 Å². The van der Waals surface area contributed by atoms with Gasteiger partial charge in [0.1, 0.15) is 0 Å². The predicted molar refractivity (Wildman–Crippen MR) is 100 cm³/mol. The van der Waals surface area contributed by atoms with E-state index in [0.29, 0.717) is 24.2 Å². The number of carbonyl (C=O) groups is 1. The number of oxime groups is 1. The second-order valence-corrected chi connectivity index (χ2v) is 6.34. The number of nitrogens with one attached hydrogen (secondary N) is 1. The van der Waals surface area contributed by atoms with Crippen LogP contribution in [0.1, 0.15) is 23.1 Å². The van der Waals surface area contributed by atoms with Crippen LogP contribution in [0.2, 0.25) is 0 Å². The van der Waals surface area contributed by atoms with Crippen LogP contribution in [0.4, 0.5) is 10.5 Å². The molecule has 1 atom stereocenters. The summed E-state index contributed by atoms with van der Waals surface area (Å²) >= 11 is 0. The van der Waals surface area contributed by atoms with Crippen molar-refractivity contribution in [1.29, 1.82) is 5.26 Å². The van der Waals surface area contributed by atoms with Gasteiger partial charge in [0.15, 0.2) is 6.10 Å². The van der Waals surface area contributed by atoms with E-state index < -0.39 is 0 Å². The van der Waals surface area contributed by atoms with Gasteiger partial charge in [-0.15, -0.1) is 0 Å². The van der Waals surface area contributed by atoms with E-state index in [1.165, 1.54) is 5.56 Å². The molecule has 1 heterocycles. The molecule has 26 heavy (non-hydrogen) atoms. The third kappa shape index (κ3) is 4.19. The molecule has 6 heteroatoms. The molecule has 2 aromatic carbocycles. The van der Waals surface area contributed by atoms with Gasteiger partial charge in [0.05, 0.1) is 23.9 Å². The Hall–Kier alpha value is -3.33. The smallest absolute Gasteiger partial charge is 0.321 e. The Kier molecular flexibility index (Phi) is 5.18. The first-order chi connectivity index (χ1) is 12.5. The zero-order chi connectivity index (χ0) is 18.5. The Bertz CT molecular complexity index is 868. The van der Waals surface area contributed by atoms with Crippen molar-refractivity contribution >= 4 is 17.4 Å². The third-order valence-corrected chi connectivity index (χ3v) is 4.18. The van der Waals surface area contributed by atoms with Gasteiger partial charge in [-0.2, -0.15) is 5.26 Å². The highest BCUT2D eigenvalue weighted by Gasteiger charge is 2.25. The van der Waals surface area contributed by atoms with Crippen LogP contribution in [-0.4, -0.2) is 36.3 Å². The SMILES string of the molecule is Cc1ccc(C2=NO[C@@H](CN(C)C(=O)Nc3cccc(C#N)c3)C2)cc1. The molecule has 0 aromatic heterocycles. The first kappa shape index (κ1) is 17.5. The maximum atomic E-state index is 12.3. The van der Waals surface area contributed by atoms with Gasteiger partial charge in [0.25, 0.3) is 0 Å². The van der Waals surface area contributed by atoms with Gasteiger partial charge in [-0.1, -0.05) is 41.1 Å². The van der Waals surface area contributed by atoms with E-state index in [9.17, 15) is 4.79 Å². The molecule has 1 N–H and O–H groups in total. The lowest BCUT2D eigenvalue weighted by Gasteiger charge is -2.20. The summed E-state index contributed by atoms with van der Waals surface area (Å²) in [6.45, 7) is 2.46. The zero-order valence-electron chi connectivity index (χ0n) is 14.8. The number of hydrogen-bond donors (Lipinski definition) is 1. The van der Waals surface area contributed by atoms with Gasteiger partial charge < -0.3 is 15.1 Å². The fraction of sp³-hybridized carbons (Fsp3) is 0.250. The molecular formula is C20H20N4O2. The number of amides is 2. The highest BCUT2D eigenvalue weighted by molar-refractivity contribution is 6.01. The van der Waals surface area contributed by atoms with Crippen molar-refractivity contribution in [3.05, 3.63) is 65.2 Å². The number of hydrogen-bond acceptors (Lipinski definition) is 4. The van der Waals surface area contributed by atoms with E-state index >= 15 is 0 Å². The van der Waals surface area contributed by atoms with Crippen molar-refractivity contribution < 1.29 is 9.63 Å². The normalized spacial score (nSPS) is 15.6. The molecule has 0 bridgehead atoms. The van der Waals surface area contributed by atoms with E-state index in [0.717, 1.165) is 11.3 Å². The number of carbonyl (C=O) groups excluding carboxylic acids is 1. The molecular weight excluding hydrogens is 328 g/mol. The van der Waals surface area contributed by atoms with Crippen molar-refractivity contribution in [3.8, 4) is 6.07 Å². The highest BCUT2D eigenvalue weighted by atomic mass is 16.6. The molecule has 1 aliphatic rings. The van der Waals surface area contributed by atoms with Crippen LogP contribution in [0, 0.1) is 18.3 Å². The number of anilines is 1. The minimum Gasteiger partial charge on any atom is -0.390 e. The van der Waals surface area contributed by atoms with E-state index in [1.807, 2.05) is 31.2 Å². The maximum Gasteiger partial charge on any atom is 0.321 e. The van der Waals surface area contributed by atoms with E-state index in [1.54, 1.807) is 36.2 Å². The van der Waals surface area contributed by atoms with E-state index in [-0.39, 0.29) is 12.1 Å². The minimum atomic E-state index is -0.257. The van der Waals surface area contributed by atoms with Gasteiger partial charge in [-0.3, -0.25) is 0 Å². The summed E-state index contributed by atoms with van der Waals surface area (Å²) in [5.74, 6) is 0. The standard InChI is InChI=1S/C20H20N4O2/c1-14-6-8-16(9-7-14)19-11-18(26-23-19)13-24(2)20(25)22-17-5-3-4-15(10-17)12-21/h3-10,18H,11,13H2,1-2H3,(H,22,25)/t18-/m1/s1. The largest absolute Gasteiger partial charge is 0.390 e. The molecule has 132 valence electrons. The molecule has 0 fully saturated rings. The summed E-state index contributed by atoms with van der Waals surface area (Å²) in [5.41, 5.74) is 4.22. The van der Waals surface area contributed by atoms with Crippen molar-refractivity contribution in [2.75, 3.05) is 18.9 Å². The molecule has 0 saturated carbocycles. The molecule has 3 rings (SSSR count). The molecule has 0 spiro atoms. The number of urea groups is 1. The van der Waals surface area contributed by atoms with E-state index in [2.05, 4.69) is 16.5 Å². The fourth-order valence-corrected chi connectivity index (χ4v) is 2.72. The number of nitriles is 1. The predicted octanol–water partition coefficient (Wildman–Crippen LogP) is 3.52. The van der Waals surface area contributed by atoms with Gasteiger partial charge in [0.2, 0.25) is 0 Å². The Balaban J connectivity index is 1.54. The number of nitrogens with zero attached hydrogens (tertiary/aromatic N) is 3. The topological polar surface area (TPSA) is 77.7 Å². The van der Waals surface area contributed by atoms with Crippen LogP contribution >= 0.6 is 0 Å². The van der Waals surface area contributed by atoms with Crippen LogP contribution in [0.5, 0.6) is 0 Å². The molecule has 6 nitrogen and oxygen atoms in total. The first-order valence-corrected chi connectivity index (χ1v) is 8.37. The summed E-state index contributed by atoms with van der Waals surface area (Å²) in [6.07, 6.45) is 0.484. The number of aryl methyl sites for hydroxylation is 1. The lowest BCUT2D eigenvalue weighted by Crippen LogP contribution is -2.37. The van der Waals surface area contributed by atoms with E-state index in [4.69, 9.17) is 10.1 Å². The maximum absolute atomic E-state index is 12.3. The lowest BCUT2D eigenvalue weighted by molar-refractivity contribution is 0.0672. The van der Waals surface area contributed by atoms with Crippen LogP contribution < -0.4 is 5.32 Å². The summed E-state index contributed by atoms with van der Waals surface area (Å²) in [5, 5.41) is 15.9. The Labute approximate surface area is 152 Å². The molecule has 0 radical (unpaired) electrons. The fourth-order valence-electron chi connectivity index (χ4n) is 2.72. The van der Waals surface area contributed by atoms with Crippen molar-refractivity contribution in [3.63, 3.8) is 0 Å². The number of rotatable bonds is 4. The average molecular weight is 348 g/mol. The van der Waals surface area contributed by atoms with Crippen LogP contribution in [0.3, 0.4) is 0 Å². The number of benzene rings is 2. The van der Waals surface area contributed by atoms with Crippen LogP contribution in [0.15, 0.2) is 53.7 Å². The first-order valence-electron chi connectivity index (χ1n) is 8.37. The Morgan fingerprint density at radius 1 is 1.35 bits per heavy atom. The van der Waals surface area contributed by atoms with Gasteiger partial charge >= 0.3 is 6.03 Å².